The minimum Gasteiger partial charge on any atom is -0.306 e. The Labute approximate surface area is 131 Å². The fraction of sp³-hybridized carbons (Fsp3) is 0.0769. The van der Waals surface area contributed by atoms with Gasteiger partial charge in [-0.1, -0.05) is 33.6 Å². The summed E-state index contributed by atoms with van der Waals surface area (Å²) < 4.78 is 39.1. The Morgan fingerprint density at radius 1 is 1.24 bits per heavy atom. The van der Waals surface area contributed by atoms with E-state index in [2.05, 4.69) is 26.2 Å². The number of nitrogens with zero attached hydrogens (tertiary/aromatic N) is 1. The SMILES string of the molecule is O=C(Nc1cccc(Cl)n1)c1ccc(Br)cc1C(F)(F)F. The number of halogens is 5. The lowest BCUT2D eigenvalue weighted by Gasteiger charge is -2.13. The molecule has 0 saturated heterocycles. The molecule has 0 atom stereocenters. The molecule has 0 aliphatic rings. The number of hydrogen-bond acceptors (Lipinski definition) is 2. The number of amides is 1. The number of hydrogen-bond donors (Lipinski definition) is 1. The number of nitrogens with one attached hydrogen (secondary N) is 1. The molecular weight excluding hydrogens is 373 g/mol. The van der Waals surface area contributed by atoms with Crippen LogP contribution in [-0.2, 0) is 6.18 Å². The molecule has 0 aliphatic heterocycles. The summed E-state index contributed by atoms with van der Waals surface area (Å²) in [6, 6.07) is 7.73. The fourth-order valence-corrected chi connectivity index (χ4v) is 2.14. The maximum Gasteiger partial charge on any atom is 0.417 e. The van der Waals surface area contributed by atoms with Crippen molar-refractivity contribution >= 4 is 39.3 Å². The van der Waals surface area contributed by atoms with Crippen LogP contribution in [-0.4, -0.2) is 10.9 Å². The average molecular weight is 380 g/mol. The lowest BCUT2D eigenvalue weighted by Crippen LogP contribution is -2.19. The van der Waals surface area contributed by atoms with Gasteiger partial charge in [0, 0.05) is 4.47 Å². The van der Waals surface area contributed by atoms with E-state index in [-0.39, 0.29) is 15.4 Å². The Balaban J connectivity index is 2.35. The molecule has 1 heterocycles. The van der Waals surface area contributed by atoms with Crippen LogP contribution in [0.2, 0.25) is 5.15 Å². The number of carbonyl (C=O) groups is 1. The summed E-state index contributed by atoms with van der Waals surface area (Å²) in [4.78, 5) is 15.8. The van der Waals surface area contributed by atoms with Crippen molar-refractivity contribution in [3.8, 4) is 0 Å². The molecule has 2 aromatic rings. The second kappa shape index (κ2) is 6.03. The summed E-state index contributed by atoms with van der Waals surface area (Å²) >= 11 is 8.60. The van der Waals surface area contributed by atoms with E-state index in [0.717, 1.165) is 12.1 Å². The zero-order valence-electron chi connectivity index (χ0n) is 10.2. The first-order valence-corrected chi connectivity index (χ1v) is 6.75. The molecule has 110 valence electrons. The Morgan fingerprint density at radius 2 is 1.95 bits per heavy atom. The second-order valence-electron chi connectivity index (χ2n) is 3.99. The highest BCUT2D eigenvalue weighted by Gasteiger charge is 2.35. The normalized spacial score (nSPS) is 11.3. The van der Waals surface area contributed by atoms with Crippen molar-refractivity contribution in [2.24, 2.45) is 0 Å². The van der Waals surface area contributed by atoms with Crippen molar-refractivity contribution in [1.29, 1.82) is 0 Å². The van der Waals surface area contributed by atoms with Crippen LogP contribution in [0.5, 0.6) is 0 Å². The van der Waals surface area contributed by atoms with Crippen molar-refractivity contribution in [3.63, 3.8) is 0 Å². The number of aromatic nitrogens is 1. The third-order valence-electron chi connectivity index (χ3n) is 2.49. The van der Waals surface area contributed by atoms with Crippen LogP contribution in [0.1, 0.15) is 15.9 Å². The molecule has 21 heavy (non-hydrogen) atoms. The van der Waals surface area contributed by atoms with E-state index in [1.54, 1.807) is 0 Å². The molecule has 1 aromatic carbocycles. The molecular formula is C13H7BrClF3N2O. The number of benzene rings is 1. The Morgan fingerprint density at radius 3 is 2.57 bits per heavy atom. The van der Waals surface area contributed by atoms with E-state index in [0.29, 0.717) is 0 Å². The summed E-state index contributed by atoms with van der Waals surface area (Å²) in [7, 11) is 0. The predicted octanol–water partition coefficient (Wildman–Crippen LogP) is 4.77. The quantitative estimate of drug-likeness (QED) is 0.764. The topological polar surface area (TPSA) is 42.0 Å². The Hall–Kier alpha value is -1.60. The van der Waals surface area contributed by atoms with Gasteiger partial charge in [-0.15, -0.1) is 0 Å². The van der Waals surface area contributed by atoms with E-state index in [1.165, 1.54) is 24.3 Å². The molecule has 8 heteroatoms. The van der Waals surface area contributed by atoms with Crippen molar-refractivity contribution in [2.45, 2.75) is 6.18 Å². The van der Waals surface area contributed by atoms with Gasteiger partial charge in [0.15, 0.2) is 0 Å². The second-order valence-corrected chi connectivity index (χ2v) is 5.29. The van der Waals surface area contributed by atoms with E-state index in [1.807, 2.05) is 0 Å². The van der Waals surface area contributed by atoms with Crippen molar-refractivity contribution < 1.29 is 18.0 Å². The highest BCUT2D eigenvalue weighted by molar-refractivity contribution is 9.10. The van der Waals surface area contributed by atoms with Gasteiger partial charge in [0.1, 0.15) is 11.0 Å². The smallest absolute Gasteiger partial charge is 0.306 e. The maximum absolute atomic E-state index is 13.0. The number of anilines is 1. The molecule has 2 rings (SSSR count). The van der Waals surface area contributed by atoms with E-state index in [4.69, 9.17) is 11.6 Å². The molecule has 1 N–H and O–H groups in total. The molecule has 1 aromatic heterocycles. The molecule has 0 bridgehead atoms. The lowest BCUT2D eigenvalue weighted by atomic mass is 10.1. The van der Waals surface area contributed by atoms with Gasteiger partial charge in [0.2, 0.25) is 0 Å². The monoisotopic (exact) mass is 378 g/mol. The molecule has 0 spiro atoms. The van der Waals surface area contributed by atoms with Gasteiger partial charge < -0.3 is 5.32 Å². The van der Waals surface area contributed by atoms with Crippen LogP contribution in [0, 0.1) is 0 Å². The van der Waals surface area contributed by atoms with Gasteiger partial charge in [0.25, 0.3) is 5.91 Å². The van der Waals surface area contributed by atoms with Gasteiger partial charge in [0.05, 0.1) is 11.1 Å². The standard InChI is InChI=1S/C13H7BrClF3N2O/c14-7-4-5-8(9(6-7)13(16,17)18)12(21)20-11-3-1-2-10(15)19-11/h1-6H,(H,19,20,21). The molecule has 0 unspecified atom stereocenters. The molecule has 1 amide bonds. The molecule has 0 radical (unpaired) electrons. The molecule has 0 fully saturated rings. The zero-order chi connectivity index (χ0) is 15.6. The summed E-state index contributed by atoms with van der Waals surface area (Å²) in [5.41, 5.74) is -1.52. The van der Waals surface area contributed by atoms with Crippen molar-refractivity contribution in [1.82, 2.24) is 4.98 Å². The number of alkyl halides is 3. The van der Waals surface area contributed by atoms with Gasteiger partial charge in [-0.25, -0.2) is 4.98 Å². The van der Waals surface area contributed by atoms with Gasteiger partial charge >= 0.3 is 6.18 Å². The molecule has 0 aliphatic carbocycles. The molecule has 0 saturated carbocycles. The molecule has 3 nitrogen and oxygen atoms in total. The number of rotatable bonds is 2. The van der Waals surface area contributed by atoms with Gasteiger partial charge in [-0.3, -0.25) is 4.79 Å². The maximum atomic E-state index is 13.0. The highest BCUT2D eigenvalue weighted by atomic mass is 79.9. The van der Waals surface area contributed by atoms with E-state index in [9.17, 15) is 18.0 Å². The van der Waals surface area contributed by atoms with Gasteiger partial charge in [-0.2, -0.15) is 13.2 Å². The van der Waals surface area contributed by atoms with Crippen LogP contribution >= 0.6 is 27.5 Å². The number of carbonyl (C=O) groups excluding carboxylic acids is 1. The average Bonchev–Trinajstić information content (AvgIpc) is 2.37. The van der Waals surface area contributed by atoms with E-state index >= 15 is 0 Å². The first kappa shape index (κ1) is 15.8. The van der Waals surface area contributed by atoms with Crippen LogP contribution < -0.4 is 5.32 Å². The largest absolute Gasteiger partial charge is 0.417 e. The summed E-state index contributed by atoms with van der Waals surface area (Å²) in [6.45, 7) is 0. The fourth-order valence-electron chi connectivity index (χ4n) is 1.61. The summed E-state index contributed by atoms with van der Waals surface area (Å²) in [6.07, 6.45) is -4.64. The van der Waals surface area contributed by atoms with Crippen molar-refractivity contribution in [3.05, 3.63) is 57.2 Å². The summed E-state index contributed by atoms with van der Waals surface area (Å²) in [5.74, 6) is -0.840. The van der Waals surface area contributed by atoms with Crippen LogP contribution in [0.4, 0.5) is 19.0 Å². The minimum absolute atomic E-state index is 0.0727. The predicted molar refractivity (Wildman–Crippen MR) is 76.3 cm³/mol. The first-order chi connectivity index (χ1) is 9.77. The zero-order valence-corrected chi connectivity index (χ0v) is 12.6. The summed E-state index contributed by atoms with van der Waals surface area (Å²) in [5, 5.41) is 2.41. The van der Waals surface area contributed by atoms with Crippen LogP contribution in [0.3, 0.4) is 0 Å². The number of pyridine rings is 1. The highest BCUT2D eigenvalue weighted by Crippen LogP contribution is 2.34. The van der Waals surface area contributed by atoms with Crippen molar-refractivity contribution in [2.75, 3.05) is 5.32 Å². The first-order valence-electron chi connectivity index (χ1n) is 5.58. The lowest BCUT2D eigenvalue weighted by molar-refractivity contribution is -0.137. The Bertz CT molecular complexity index is 691. The Kier molecular flexibility index (Phi) is 4.53. The van der Waals surface area contributed by atoms with Crippen LogP contribution in [0.15, 0.2) is 40.9 Å². The minimum atomic E-state index is -4.64. The third kappa shape index (κ3) is 3.95. The third-order valence-corrected chi connectivity index (χ3v) is 3.19. The van der Waals surface area contributed by atoms with Crippen LogP contribution in [0.25, 0.3) is 0 Å². The van der Waals surface area contributed by atoms with E-state index < -0.39 is 23.2 Å². The van der Waals surface area contributed by atoms with Gasteiger partial charge in [-0.05, 0) is 30.3 Å².